The first-order valence-corrected chi connectivity index (χ1v) is 11.3. The topological polar surface area (TPSA) is 57.6 Å². The van der Waals surface area contributed by atoms with E-state index in [2.05, 4.69) is 0 Å². The van der Waals surface area contributed by atoms with Gasteiger partial charge in [-0.1, -0.05) is 73.1 Å². The maximum absolute atomic E-state index is 13.6. The lowest BCUT2D eigenvalue weighted by molar-refractivity contribution is 0.281. The second-order valence-electron chi connectivity index (χ2n) is 6.81. The molecule has 0 saturated heterocycles. The van der Waals surface area contributed by atoms with Gasteiger partial charge in [0.05, 0.1) is 17.5 Å². The largest absolute Gasteiger partial charge is 0.392 e. The van der Waals surface area contributed by atoms with Crippen molar-refractivity contribution in [2.45, 2.75) is 37.4 Å². The van der Waals surface area contributed by atoms with Crippen molar-refractivity contribution in [3.63, 3.8) is 0 Å². The van der Waals surface area contributed by atoms with Gasteiger partial charge in [-0.2, -0.15) is 17.8 Å². The Hall–Kier alpha value is -1.83. The third-order valence-corrected chi connectivity index (χ3v) is 7.00. The molecule has 3 rings (SSSR count). The Balaban J connectivity index is 0.00000320. The third kappa shape index (κ3) is 5.65. The molecule has 0 aliphatic heterocycles. The molecule has 1 atom stereocenters. The summed E-state index contributed by atoms with van der Waals surface area (Å²) in [7, 11) is -3.77. The summed E-state index contributed by atoms with van der Waals surface area (Å²) in [6.45, 7) is 2.16. The number of halogens is 1. The van der Waals surface area contributed by atoms with Gasteiger partial charge in [0.25, 0.3) is 0 Å². The minimum atomic E-state index is -3.77. The van der Waals surface area contributed by atoms with Crippen molar-refractivity contribution in [3.8, 4) is 0 Å². The van der Waals surface area contributed by atoms with Crippen LogP contribution >= 0.6 is 25.1 Å². The molecule has 3 aromatic rings. The second kappa shape index (κ2) is 11.0. The molecule has 160 valence electrons. The average Bonchev–Trinajstić information content (AvgIpc) is 2.75. The number of sulfonamides is 1. The summed E-state index contributed by atoms with van der Waals surface area (Å²) in [6, 6.07) is 22.9. The van der Waals surface area contributed by atoms with E-state index in [1.165, 1.54) is 12.1 Å². The summed E-state index contributed by atoms with van der Waals surface area (Å²) in [4.78, 5) is 0.211. The lowest BCUT2D eigenvalue weighted by atomic mass is 10.0. The maximum Gasteiger partial charge on any atom is 0.243 e. The van der Waals surface area contributed by atoms with Crippen LogP contribution in [0.5, 0.6) is 0 Å². The van der Waals surface area contributed by atoms with Gasteiger partial charge in [-0.3, -0.25) is 0 Å². The molecule has 0 aromatic heterocycles. The van der Waals surface area contributed by atoms with Crippen molar-refractivity contribution in [1.82, 2.24) is 4.31 Å². The normalized spacial score (nSPS) is 12.4. The predicted molar refractivity (Wildman–Crippen MR) is 126 cm³/mol. The molecule has 0 unspecified atom stereocenters. The quantitative estimate of drug-likeness (QED) is 0.494. The van der Waals surface area contributed by atoms with Gasteiger partial charge >= 0.3 is 0 Å². The molecule has 0 bridgehead atoms. The van der Waals surface area contributed by atoms with Gasteiger partial charge in [0.2, 0.25) is 10.0 Å². The highest BCUT2D eigenvalue weighted by atomic mass is 35.5. The van der Waals surface area contributed by atoms with Crippen molar-refractivity contribution < 1.29 is 13.5 Å². The molecule has 1 N–H and O–H groups in total. The number of aliphatic hydroxyl groups is 1. The highest BCUT2D eigenvalue weighted by Crippen LogP contribution is 2.32. The molecule has 4 nitrogen and oxygen atoms in total. The van der Waals surface area contributed by atoms with Crippen LogP contribution in [0, 0.1) is 0 Å². The van der Waals surface area contributed by atoms with E-state index in [9.17, 15) is 13.5 Å². The van der Waals surface area contributed by atoms with Crippen LogP contribution in [0.15, 0.2) is 83.8 Å². The lowest BCUT2D eigenvalue weighted by Crippen LogP contribution is -2.34. The summed E-state index contributed by atoms with van der Waals surface area (Å²) in [5.74, 6) is 0. The van der Waals surface area contributed by atoms with Gasteiger partial charge in [-0.15, -0.1) is 0 Å². The fourth-order valence-electron chi connectivity index (χ4n) is 3.32. The molecule has 0 amide bonds. The minimum Gasteiger partial charge on any atom is -0.392 e. The van der Waals surface area contributed by atoms with E-state index in [-0.39, 0.29) is 37.6 Å². The highest BCUT2D eigenvalue weighted by Gasteiger charge is 2.31. The number of aliphatic hydroxyl groups excluding tert-OH is 1. The van der Waals surface area contributed by atoms with Gasteiger partial charge in [0, 0.05) is 11.6 Å². The summed E-state index contributed by atoms with van der Waals surface area (Å²) in [6.07, 6.45) is 0.631. The molecule has 0 heterocycles. The van der Waals surface area contributed by atoms with Gasteiger partial charge < -0.3 is 5.11 Å². The van der Waals surface area contributed by atoms with Crippen LogP contribution in [-0.2, 0) is 23.2 Å². The van der Waals surface area contributed by atoms with Gasteiger partial charge in [-0.25, -0.2) is 8.42 Å². The molecule has 0 aliphatic rings. The van der Waals surface area contributed by atoms with Crippen molar-refractivity contribution in [2.75, 3.05) is 0 Å². The van der Waals surface area contributed by atoms with E-state index in [4.69, 9.17) is 11.6 Å². The van der Waals surface area contributed by atoms with Crippen molar-refractivity contribution >= 4 is 35.1 Å². The SMILES string of the molecule is CC[C@@H](c1ccccc1)N(Cc1ccc(CO)cc1)S(=O)(=O)c1ccc(Cl)cc1.S. The highest BCUT2D eigenvalue weighted by molar-refractivity contribution is 7.89. The van der Waals surface area contributed by atoms with E-state index < -0.39 is 10.0 Å². The van der Waals surface area contributed by atoms with Gasteiger partial charge in [0.1, 0.15) is 0 Å². The summed E-state index contributed by atoms with van der Waals surface area (Å²) in [5.41, 5.74) is 2.59. The Morgan fingerprint density at radius 2 is 1.47 bits per heavy atom. The van der Waals surface area contributed by atoms with Crippen LogP contribution in [0.2, 0.25) is 5.02 Å². The second-order valence-corrected chi connectivity index (χ2v) is 9.14. The fraction of sp³-hybridized carbons (Fsp3) is 0.217. The molecular weight excluding hydrogens is 438 g/mol. The Labute approximate surface area is 190 Å². The first kappa shape index (κ1) is 24.4. The Morgan fingerprint density at radius 1 is 0.900 bits per heavy atom. The van der Waals surface area contributed by atoms with E-state index in [1.807, 2.05) is 61.5 Å². The molecule has 7 heteroatoms. The lowest BCUT2D eigenvalue weighted by Gasteiger charge is -2.31. The van der Waals surface area contributed by atoms with Crippen LogP contribution < -0.4 is 0 Å². The van der Waals surface area contributed by atoms with E-state index >= 15 is 0 Å². The first-order valence-electron chi connectivity index (χ1n) is 9.46. The Bertz CT molecular complexity index is 1020. The molecule has 0 fully saturated rings. The summed E-state index contributed by atoms with van der Waals surface area (Å²) >= 11 is 5.96. The number of rotatable bonds is 8. The number of nitrogens with zero attached hydrogens (tertiary/aromatic N) is 1. The molecule has 3 aromatic carbocycles. The van der Waals surface area contributed by atoms with Crippen LogP contribution in [0.25, 0.3) is 0 Å². The number of hydrogen-bond acceptors (Lipinski definition) is 3. The predicted octanol–water partition coefficient (Wildman–Crippen LogP) is 5.29. The smallest absolute Gasteiger partial charge is 0.243 e. The zero-order valence-corrected chi connectivity index (χ0v) is 19.3. The first-order chi connectivity index (χ1) is 14.0. The summed E-state index contributed by atoms with van der Waals surface area (Å²) in [5, 5.41) is 9.76. The van der Waals surface area contributed by atoms with Crippen LogP contribution in [0.3, 0.4) is 0 Å². The van der Waals surface area contributed by atoms with Crippen molar-refractivity contribution in [2.24, 2.45) is 0 Å². The average molecular weight is 464 g/mol. The summed E-state index contributed by atoms with van der Waals surface area (Å²) < 4.78 is 28.7. The third-order valence-electron chi connectivity index (χ3n) is 4.88. The van der Waals surface area contributed by atoms with E-state index in [0.29, 0.717) is 11.4 Å². The molecule has 0 radical (unpaired) electrons. The molecule has 0 aliphatic carbocycles. The monoisotopic (exact) mass is 463 g/mol. The zero-order valence-electron chi connectivity index (χ0n) is 16.7. The van der Waals surface area contributed by atoms with Gasteiger partial charge in [0.15, 0.2) is 0 Å². The molecular formula is C23H26ClNO3S2. The van der Waals surface area contributed by atoms with Crippen LogP contribution in [-0.4, -0.2) is 17.8 Å². The standard InChI is InChI=1S/C23H24ClNO3S.H2S/c1-2-23(20-6-4-3-5-7-20)25(16-18-8-10-19(17-26)11-9-18)29(27,28)22-14-12-21(24)13-15-22;/h3-15,23,26H,2,16-17H2,1H3;1H2/t23-;/m0./s1. The van der Waals surface area contributed by atoms with Crippen LogP contribution in [0.4, 0.5) is 0 Å². The Morgan fingerprint density at radius 3 is 2.00 bits per heavy atom. The number of benzene rings is 3. The minimum absolute atomic E-state index is 0. The fourth-order valence-corrected chi connectivity index (χ4v) is 5.12. The molecule has 0 spiro atoms. The van der Waals surface area contributed by atoms with Gasteiger partial charge in [-0.05, 0) is 47.4 Å². The van der Waals surface area contributed by atoms with E-state index in [0.717, 1.165) is 16.7 Å². The number of hydrogen-bond donors (Lipinski definition) is 1. The Kier molecular flexibility index (Phi) is 8.94. The van der Waals surface area contributed by atoms with Crippen molar-refractivity contribution in [1.29, 1.82) is 0 Å². The zero-order chi connectivity index (χ0) is 20.9. The van der Waals surface area contributed by atoms with E-state index in [1.54, 1.807) is 16.4 Å². The molecule has 30 heavy (non-hydrogen) atoms. The van der Waals surface area contributed by atoms with Crippen molar-refractivity contribution in [3.05, 3.63) is 101 Å². The molecule has 0 saturated carbocycles. The maximum atomic E-state index is 13.6. The van der Waals surface area contributed by atoms with Crippen LogP contribution in [0.1, 0.15) is 36.1 Å².